The van der Waals surface area contributed by atoms with Crippen molar-refractivity contribution in [1.29, 1.82) is 0 Å². The largest absolute Gasteiger partial charge is 0.316 e. The molecule has 78 valence electrons. The van der Waals surface area contributed by atoms with Crippen LogP contribution in [-0.2, 0) is 0 Å². The van der Waals surface area contributed by atoms with Gasteiger partial charge in [-0.15, -0.1) is 6.58 Å². The molecular weight excluding hydrogens is 158 g/mol. The van der Waals surface area contributed by atoms with Crippen molar-refractivity contribution in [2.24, 2.45) is 11.8 Å². The molecule has 0 aliphatic heterocycles. The summed E-state index contributed by atoms with van der Waals surface area (Å²) in [6.45, 7) is 13.0. The topological polar surface area (TPSA) is 12.0 Å². The standard InChI is InChI=1S/C12H25N/c1-7-10(4)12(13-6)11(5)8-9(2)3/h10-13H,2,7-8H2,1,3-6H3/t10-,11+,12-/m0/s1. The van der Waals surface area contributed by atoms with Gasteiger partial charge in [0, 0.05) is 6.04 Å². The summed E-state index contributed by atoms with van der Waals surface area (Å²) in [5.41, 5.74) is 1.29. The minimum Gasteiger partial charge on any atom is -0.316 e. The van der Waals surface area contributed by atoms with Gasteiger partial charge in [0.1, 0.15) is 0 Å². The Bertz CT molecular complexity index is 151. The molecule has 1 N–H and O–H groups in total. The SMILES string of the molecule is C=C(C)C[C@@H](C)[C@@H](NC)[C@@H](C)CC. The Labute approximate surface area is 83.6 Å². The van der Waals surface area contributed by atoms with Gasteiger partial charge in [-0.2, -0.15) is 0 Å². The van der Waals surface area contributed by atoms with E-state index in [1.807, 2.05) is 0 Å². The first kappa shape index (κ1) is 12.7. The van der Waals surface area contributed by atoms with Crippen LogP contribution in [-0.4, -0.2) is 13.1 Å². The molecule has 0 saturated heterocycles. The van der Waals surface area contributed by atoms with Gasteiger partial charge < -0.3 is 5.32 Å². The Kier molecular flexibility index (Phi) is 6.06. The van der Waals surface area contributed by atoms with Crippen molar-refractivity contribution in [1.82, 2.24) is 5.32 Å². The second-order valence-electron chi connectivity index (χ2n) is 4.34. The number of rotatable bonds is 6. The average Bonchev–Trinajstić information content (AvgIpc) is 2.03. The molecule has 1 heteroatoms. The molecule has 0 bridgehead atoms. The van der Waals surface area contributed by atoms with E-state index in [2.05, 4.69) is 46.6 Å². The van der Waals surface area contributed by atoms with Crippen LogP contribution >= 0.6 is 0 Å². The van der Waals surface area contributed by atoms with Crippen molar-refractivity contribution >= 4 is 0 Å². The molecule has 3 atom stereocenters. The highest BCUT2D eigenvalue weighted by molar-refractivity contribution is 4.93. The van der Waals surface area contributed by atoms with E-state index >= 15 is 0 Å². The first-order valence-corrected chi connectivity index (χ1v) is 5.34. The maximum atomic E-state index is 3.97. The lowest BCUT2D eigenvalue weighted by atomic mass is 9.85. The van der Waals surface area contributed by atoms with E-state index in [0.717, 1.165) is 12.3 Å². The maximum absolute atomic E-state index is 3.97. The Morgan fingerprint density at radius 1 is 1.31 bits per heavy atom. The van der Waals surface area contributed by atoms with E-state index in [1.54, 1.807) is 0 Å². The zero-order valence-corrected chi connectivity index (χ0v) is 9.85. The monoisotopic (exact) mass is 183 g/mol. The van der Waals surface area contributed by atoms with Crippen LogP contribution in [0.15, 0.2) is 12.2 Å². The Hall–Kier alpha value is -0.300. The molecule has 0 unspecified atom stereocenters. The Morgan fingerprint density at radius 2 is 1.85 bits per heavy atom. The predicted molar refractivity (Wildman–Crippen MR) is 60.9 cm³/mol. The molecule has 0 aliphatic carbocycles. The minimum absolute atomic E-state index is 0.627. The molecule has 0 fully saturated rings. The lowest BCUT2D eigenvalue weighted by Gasteiger charge is -2.28. The van der Waals surface area contributed by atoms with Gasteiger partial charge in [-0.3, -0.25) is 0 Å². The summed E-state index contributed by atoms with van der Waals surface area (Å²) in [7, 11) is 2.06. The number of hydrogen-bond donors (Lipinski definition) is 1. The molecule has 0 heterocycles. The van der Waals surface area contributed by atoms with Crippen LogP contribution in [0.1, 0.15) is 40.5 Å². The van der Waals surface area contributed by atoms with Crippen molar-refractivity contribution in [2.45, 2.75) is 46.6 Å². The van der Waals surface area contributed by atoms with Gasteiger partial charge in [0.15, 0.2) is 0 Å². The molecule has 13 heavy (non-hydrogen) atoms. The van der Waals surface area contributed by atoms with Gasteiger partial charge in [0.05, 0.1) is 0 Å². The van der Waals surface area contributed by atoms with Gasteiger partial charge in [-0.05, 0) is 32.2 Å². The molecular formula is C12H25N. The van der Waals surface area contributed by atoms with Crippen LogP contribution < -0.4 is 5.32 Å². The van der Waals surface area contributed by atoms with Gasteiger partial charge in [0.2, 0.25) is 0 Å². The van der Waals surface area contributed by atoms with Gasteiger partial charge in [-0.1, -0.05) is 32.8 Å². The Morgan fingerprint density at radius 3 is 2.15 bits per heavy atom. The lowest BCUT2D eigenvalue weighted by molar-refractivity contribution is 0.291. The van der Waals surface area contributed by atoms with Crippen LogP contribution in [0.5, 0.6) is 0 Å². The molecule has 0 saturated carbocycles. The van der Waals surface area contributed by atoms with E-state index in [1.165, 1.54) is 12.0 Å². The summed E-state index contributed by atoms with van der Waals surface area (Å²) in [6.07, 6.45) is 2.38. The van der Waals surface area contributed by atoms with E-state index in [4.69, 9.17) is 0 Å². The molecule has 0 spiro atoms. The third-order valence-corrected chi connectivity index (χ3v) is 2.87. The number of nitrogens with one attached hydrogen (secondary N) is 1. The minimum atomic E-state index is 0.627. The zero-order chi connectivity index (χ0) is 10.4. The maximum Gasteiger partial charge on any atom is 0.0118 e. The normalized spacial score (nSPS) is 17.9. The van der Waals surface area contributed by atoms with Crippen LogP contribution in [0, 0.1) is 11.8 Å². The van der Waals surface area contributed by atoms with E-state index in [-0.39, 0.29) is 0 Å². The molecule has 0 aromatic heterocycles. The Balaban J connectivity index is 4.13. The van der Waals surface area contributed by atoms with Crippen molar-refractivity contribution in [3.05, 3.63) is 12.2 Å². The molecule has 0 aromatic rings. The summed E-state index contributed by atoms with van der Waals surface area (Å²) >= 11 is 0. The van der Waals surface area contributed by atoms with E-state index in [0.29, 0.717) is 12.0 Å². The van der Waals surface area contributed by atoms with Crippen LogP contribution in [0.25, 0.3) is 0 Å². The smallest absolute Gasteiger partial charge is 0.0118 e. The zero-order valence-electron chi connectivity index (χ0n) is 9.85. The van der Waals surface area contributed by atoms with Crippen molar-refractivity contribution in [3.8, 4) is 0 Å². The van der Waals surface area contributed by atoms with Crippen LogP contribution in [0.4, 0.5) is 0 Å². The van der Waals surface area contributed by atoms with Crippen LogP contribution in [0.2, 0.25) is 0 Å². The third kappa shape index (κ3) is 4.47. The molecule has 0 amide bonds. The summed E-state index contributed by atoms with van der Waals surface area (Å²) in [6, 6.07) is 0.627. The van der Waals surface area contributed by atoms with Gasteiger partial charge in [0.25, 0.3) is 0 Å². The second-order valence-corrected chi connectivity index (χ2v) is 4.34. The molecule has 0 rings (SSSR count). The van der Waals surface area contributed by atoms with Crippen LogP contribution in [0.3, 0.4) is 0 Å². The second kappa shape index (κ2) is 6.20. The quantitative estimate of drug-likeness (QED) is 0.623. The molecule has 0 aromatic carbocycles. The van der Waals surface area contributed by atoms with E-state index in [9.17, 15) is 0 Å². The highest BCUT2D eigenvalue weighted by atomic mass is 14.9. The first-order valence-electron chi connectivity index (χ1n) is 5.34. The highest BCUT2D eigenvalue weighted by Gasteiger charge is 2.20. The van der Waals surface area contributed by atoms with Crippen molar-refractivity contribution in [3.63, 3.8) is 0 Å². The fourth-order valence-electron chi connectivity index (χ4n) is 2.06. The fourth-order valence-corrected chi connectivity index (χ4v) is 2.06. The number of allylic oxidation sites excluding steroid dienone is 1. The highest BCUT2D eigenvalue weighted by Crippen LogP contribution is 2.20. The summed E-state index contributed by atoms with van der Waals surface area (Å²) in [5, 5.41) is 3.42. The van der Waals surface area contributed by atoms with Crippen molar-refractivity contribution in [2.75, 3.05) is 7.05 Å². The summed E-state index contributed by atoms with van der Waals surface area (Å²) < 4.78 is 0. The lowest BCUT2D eigenvalue weighted by Crippen LogP contribution is -2.37. The van der Waals surface area contributed by atoms with E-state index < -0.39 is 0 Å². The number of hydrogen-bond acceptors (Lipinski definition) is 1. The average molecular weight is 183 g/mol. The van der Waals surface area contributed by atoms with Gasteiger partial charge in [-0.25, -0.2) is 0 Å². The third-order valence-electron chi connectivity index (χ3n) is 2.87. The molecule has 1 nitrogen and oxygen atoms in total. The first-order chi connectivity index (χ1) is 6.02. The van der Waals surface area contributed by atoms with Crippen molar-refractivity contribution < 1.29 is 0 Å². The predicted octanol–water partition coefficient (Wildman–Crippen LogP) is 3.22. The van der Waals surface area contributed by atoms with Gasteiger partial charge >= 0.3 is 0 Å². The molecule has 0 aliphatic rings. The summed E-state index contributed by atoms with van der Waals surface area (Å²) in [4.78, 5) is 0. The fraction of sp³-hybridized carbons (Fsp3) is 0.833. The molecule has 0 radical (unpaired) electrons. The summed E-state index contributed by atoms with van der Waals surface area (Å²) in [5.74, 6) is 1.44.